The van der Waals surface area contributed by atoms with Crippen LogP contribution < -0.4 is 0 Å². The third-order valence-corrected chi connectivity index (χ3v) is 3.24. The van der Waals surface area contributed by atoms with Gasteiger partial charge >= 0.3 is 0 Å². The molecule has 1 atom stereocenters. The first-order valence-corrected chi connectivity index (χ1v) is 6.48. The fourth-order valence-corrected chi connectivity index (χ4v) is 1.81. The molecule has 2 rings (SSSR count). The smallest absolute Gasteiger partial charge is 0.0629 e. The Balaban J connectivity index is 2.09. The minimum atomic E-state index is 0.630. The van der Waals surface area contributed by atoms with Crippen molar-refractivity contribution in [3.63, 3.8) is 0 Å². The van der Waals surface area contributed by atoms with Crippen LogP contribution in [0.25, 0.3) is 0 Å². The van der Waals surface area contributed by atoms with Gasteiger partial charge in [0.25, 0.3) is 0 Å². The van der Waals surface area contributed by atoms with E-state index < -0.39 is 0 Å². The Kier molecular flexibility index (Phi) is 4.30. The van der Waals surface area contributed by atoms with Gasteiger partial charge in [-0.1, -0.05) is 56.3 Å². The second-order valence-corrected chi connectivity index (χ2v) is 4.57. The molecule has 0 spiro atoms. The Bertz CT molecular complexity index is 497. The van der Waals surface area contributed by atoms with Crippen LogP contribution in [0.2, 0.25) is 0 Å². The van der Waals surface area contributed by atoms with Crippen molar-refractivity contribution < 1.29 is 0 Å². The summed E-state index contributed by atoms with van der Waals surface area (Å²) in [6.07, 6.45) is 3.09. The Hall–Kier alpha value is -1.89. The second kappa shape index (κ2) is 6.15. The molecule has 0 aliphatic heterocycles. The van der Waals surface area contributed by atoms with E-state index in [2.05, 4.69) is 43.1 Å². The summed E-state index contributed by atoms with van der Waals surface area (Å²) in [6.45, 7) is 4.47. The van der Waals surface area contributed by atoms with Crippen LogP contribution >= 0.6 is 0 Å². The maximum absolute atomic E-state index is 4.45. The number of rotatable bonds is 4. The average molecular weight is 237 g/mol. The summed E-state index contributed by atoms with van der Waals surface area (Å²) in [6, 6.07) is 18.7. The molecule has 0 bridgehead atoms. The fraction of sp³-hybridized carbons (Fsp3) is 0.235. The van der Waals surface area contributed by atoms with Crippen LogP contribution in [-0.2, 0) is 0 Å². The molecule has 0 heterocycles. The molecule has 0 aliphatic carbocycles. The van der Waals surface area contributed by atoms with E-state index in [9.17, 15) is 0 Å². The lowest BCUT2D eigenvalue weighted by Gasteiger charge is -2.08. The van der Waals surface area contributed by atoms with E-state index in [0.29, 0.717) is 5.92 Å². The monoisotopic (exact) mass is 237 g/mol. The van der Waals surface area contributed by atoms with Gasteiger partial charge in [0.05, 0.1) is 5.69 Å². The van der Waals surface area contributed by atoms with Gasteiger partial charge in [-0.2, -0.15) is 0 Å². The van der Waals surface area contributed by atoms with Crippen molar-refractivity contribution in [2.75, 3.05) is 0 Å². The molecule has 1 nitrogen and oxygen atoms in total. The number of para-hydroxylation sites is 1. The third-order valence-electron chi connectivity index (χ3n) is 3.24. The zero-order chi connectivity index (χ0) is 12.8. The maximum atomic E-state index is 4.45. The molecule has 0 aromatic heterocycles. The van der Waals surface area contributed by atoms with Gasteiger partial charge in [-0.3, -0.25) is 4.99 Å². The van der Waals surface area contributed by atoms with Crippen molar-refractivity contribution in [2.45, 2.75) is 26.2 Å². The van der Waals surface area contributed by atoms with Gasteiger partial charge < -0.3 is 0 Å². The van der Waals surface area contributed by atoms with Crippen molar-refractivity contribution in [1.82, 2.24) is 0 Å². The molecule has 2 aromatic rings. The topological polar surface area (TPSA) is 12.4 Å². The molecular weight excluding hydrogens is 218 g/mol. The molecular formula is C17H19N. The van der Waals surface area contributed by atoms with Crippen molar-refractivity contribution >= 4 is 11.9 Å². The summed E-state index contributed by atoms with van der Waals surface area (Å²) < 4.78 is 0. The van der Waals surface area contributed by atoms with Crippen molar-refractivity contribution in [3.8, 4) is 0 Å². The summed E-state index contributed by atoms with van der Waals surface area (Å²) in [5.74, 6) is 0.630. The van der Waals surface area contributed by atoms with E-state index in [4.69, 9.17) is 0 Å². The number of hydrogen-bond donors (Lipinski definition) is 0. The minimum Gasteiger partial charge on any atom is -0.256 e. The molecule has 92 valence electrons. The molecule has 0 N–H and O–H groups in total. The Morgan fingerprint density at radius 2 is 1.67 bits per heavy atom. The van der Waals surface area contributed by atoms with Crippen LogP contribution in [-0.4, -0.2) is 6.21 Å². The first kappa shape index (κ1) is 12.6. The van der Waals surface area contributed by atoms with Gasteiger partial charge in [-0.05, 0) is 35.6 Å². The maximum Gasteiger partial charge on any atom is 0.0629 e. The highest BCUT2D eigenvalue weighted by Gasteiger charge is 2.01. The van der Waals surface area contributed by atoms with Crippen LogP contribution in [0.3, 0.4) is 0 Å². The third kappa shape index (κ3) is 3.30. The van der Waals surface area contributed by atoms with Crippen molar-refractivity contribution in [2.24, 2.45) is 4.99 Å². The number of benzene rings is 2. The van der Waals surface area contributed by atoms with E-state index in [1.54, 1.807) is 0 Å². The van der Waals surface area contributed by atoms with Crippen LogP contribution in [0.4, 0.5) is 5.69 Å². The quantitative estimate of drug-likeness (QED) is 0.667. The molecule has 0 aliphatic rings. The van der Waals surface area contributed by atoms with Gasteiger partial charge in [0.15, 0.2) is 0 Å². The summed E-state index contributed by atoms with van der Waals surface area (Å²) >= 11 is 0. The second-order valence-electron chi connectivity index (χ2n) is 4.57. The molecule has 0 saturated heterocycles. The van der Waals surface area contributed by atoms with Gasteiger partial charge in [0, 0.05) is 6.21 Å². The largest absolute Gasteiger partial charge is 0.256 e. The lowest BCUT2D eigenvalue weighted by molar-refractivity contribution is 0.733. The van der Waals surface area contributed by atoms with Crippen molar-refractivity contribution in [3.05, 3.63) is 65.7 Å². The van der Waals surface area contributed by atoms with Crippen LogP contribution in [0.5, 0.6) is 0 Å². The first-order chi connectivity index (χ1) is 8.79. The summed E-state index contributed by atoms with van der Waals surface area (Å²) in [5.41, 5.74) is 3.53. The highest BCUT2D eigenvalue weighted by Crippen LogP contribution is 2.18. The SMILES string of the molecule is CCC(C)c1ccc(/C=N\c2ccccc2)cc1. The number of nitrogens with zero attached hydrogens (tertiary/aromatic N) is 1. The van der Waals surface area contributed by atoms with E-state index in [-0.39, 0.29) is 0 Å². The van der Waals surface area contributed by atoms with Gasteiger partial charge in [0.1, 0.15) is 0 Å². The lowest BCUT2D eigenvalue weighted by Crippen LogP contribution is -1.91. The highest BCUT2D eigenvalue weighted by molar-refractivity contribution is 5.81. The minimum absolute atomic E-state index is 0.630. The molecule has 0 fully saturated rings. The summed E-state index contributed by atoms with van der Waals surface area (Å²) in [5, 5.41) is 0. The van der Waals surface area contributed by atoms with Crippen LogP contribution in [0.1, 0.15) is 37.3 Å². The van der Waals surface area contributed by atoms with Gasteiger partial charge in [-0.15, -0.1) is 0 Å². The predicted octanol–water partition coefficient (Wildman–Crippen LogP) is 4.95. The Morgan fingerprint density at radius 3 is 2.28 bits per heavy atom. The Labute approximate surface area is 109 Å². The van der Waals surface area contributed by atoms with E-state index in [0.717, 1.165) is 11.3 Å². The molecule has 0 radical (unpaired) electrons. The molecule has 1 heteroatoms. The number of aliphatic imine (C=N–C) groups is 1. The highest BCUT2D eigenvalue weighted by atomic mass is 14.7. The van der Waals surface area contributed by atoms with Gasteiger partial charge in [-0.25, -0.2) is 0 Å². The number of hydrogen-bond acceptors (Lipinski definition) is 1. The van der Waals surface area contributed by atoms with E-state index in [1.165, 1.54) is 12.0 Å². The normalized spacial score (nSPS) is 12.8. The molecule has 0 amide bonds. The van der Waals surface area contributed by atoms with E-state index >= 15 is 0 Å². The zero-order valence-corrected chi connectivity index (χ0v) is 11.0. The fourth-order valence-electron chi connectivity index (χ4n) is 1.81. The lowest BCUT2D eigenvalue weighted by atomic mass is 9.98. The van der Waals surface area contributed by atoms with Crippen LogP contribution in [0, 0.1) is 0 Å². The standard InChI is InChI=1S/C17H19N/c1-3-14(2)16-11-9-15(10-12-16)13-18-17-7-5-4-6-8-17/h4-14H,3H2,1-2H3/b18-13-. The van der Waals surface area contributed by atoms with Gasteiger partial charge in [0.2, 0.25) is 0 Å². The molecule has 0 saturated carbocycles. The molecule has 1 unspecified atom stereocenters. The van der Waals surface area contributed by atoms with Crippen LogP contribution in [0.15, 0.2) is 59.6 Å². The van der Waals surface area contributed by atoms with E-state index in [1.807, 2.05) is 36.5 Å². The summed E-state index contributed by atoms with van der Waals surface area (Å²) in [7, 11) is 0. The Morgan fingerprint density at radius 1 is 1.00 bits per heavy atom. The zero-order valence-electron chi connectivity index (χ0n) is 11.0. The van der Waals surface area contributed by atoms with Crippen molar-refractivity contribution in [1.29, 1.82) is 0 Å². The summed E-state index contributed by atoms with van der Waals surface area (Å²) in [4.78, 5) is 4.45. The molecule has 2 aromatic carbocycles. The predicted molar refractivity (Wildman–Crippen MR) is 78.8 cm³/mol. The average Bonchev–Trinajstić information content (AvgIpc) is 2.46. The first-order valence-electron chi connectivity index (χ1n) is 6.48. The molecule has 18 heavy (non-hydrogen) atoms.